The Morgan fingerprint density at radius 1 is 1.10 bits per heavy atom. The van der Waals surface area contributed by atoms with Crippen molar-refractivity contribution in [3.8, 4) is 11.3 Å². The van der Waals surface area contributed by atoms with Crippen LogP contribution in [0.15, 0.2) is 18.3 Å². The van der Waals surface area contributed by atoms with E-state index in [0.29, 0.717) is 42.3 Å². The van der Waals surface area contributed by atoms with Gasteiger partial charge in [-0.2, -0.15) is 18.3 Å². The fraction of sp³-hybridized carbons (Fsp3) is 0.533. The van der Waals surface area contributed by atoms with Crippen LogP contribution in [0.2, 0.25) is 0 Å². The fourth-order valence-electron chi connectivity index (χ4n) is 4.81. The average Bonchev–Trinajstić information content (AvgIpc) is 3.32. The van der Waals surface area contributed by atoms with Gasteiger partial charge in [0.1, 0.15) is 11.5 Å². The van der Waals surface area contributed by atoms with Crippen molar-refractivity contribution >= 4 is 11.4 Å². The number of alkyl halides is 3. The molecule has 2 aromatic heterocycles. The molecule has 3 rings (SSSR count). The number of nitrogen functional groups attached to an aromatic ring is 1. The summed E-state index contributed by atoms with van der Waals surface area (Å²) in [7, 11) is 1.75. The summed E-state index contributed by atoms with van der Waals surface area (Å²) in [6.45, 7) is 11.1. The summed E-state index contributed by atoms with van der Waals surface area (Å²) < 4.78 is 75.2. The van der Waals surface area contributed by atoms with Crippen LogP contribution in [0.5, 0.6) is 0 Å². The van der Waals surface area contributed by atoms with E-state index in [2.05, 4.69) is 39.9 Å². The molecule has 7 nitrogen and oxygen atoms in total. The number of aryl methyl sites for hydroxylation is 2. The van der Waals surface area contributed by atoms with E-state index in [-0.39, 0.29) is 24.8 Å². The highest BCUT2D eigenvalue weighted by molar-refractivity contribution is 5.76. The number of aromatic nitrogens is 3. The van der Waals surface area contributed by atoms with Crippen LogP contribution in [0, 0.1) is 24.5 Å². The molecular weight excluding hydrogens is 553 g/mol. The van der Waals surface area contributed by atoms with E-state index >= 15 is 4.39 Å². The minimum absolute atomic E-state index is 0.0226. The first-order chi connectivity index (χ1) is 19.7. The van der Waals surface area contributed by atoms with Crippen molar-refractivity contribution in [2.24, 2.45) is 13.0 Å². The van der Waals surface area contributed by atoms with Gasteiger partial charge in [0.25, 0.3) is 0 Å². The van der Waals surface area contributed by atoms with Crippen molar-refractivity contribution in [3.63, 3.8) is 0 Å². The van der Waals surface area contributed by atoms with Crippen molar-refractivity contribution in [1.29, 1.82) is 0 Å². The number of rotatable bonds is 14. The zero-order valence-corrected chi connectivity index (χ0v) is 25.1. The number of pyridine rings is 1. The van der Waals surface area contributed by atoms with Crippen LogP contribution in [-0.4, -0.2) is 33.9 Å². The monoisotopic (exact) mass is 595 g/mol. The first-order valence-electron chi connectivity index (χ1n) is 14.3. The van der Waals surface area contributed by atoms with E-state index in [9.17, 15) is 17.6 Å². The van der Waals surface area contributed by atoms with E-state index in [4.69, 9.17) is 5.73 Å². The van der Waals surface area contributed by atoms with Gasteiger partial charge in [0.2, 0.25) is 0 Å². The minimum atomic E-state index is -4.97. The van der Waals surface area contributed by atoms with Crippen LogP contribution >= 0.6 is 0 Å². The Bertz CT molecular complexity index is 1350. The lowest BCUT2D eigenvalue weighted by Crippen LogP contribution is -2.37. The Labute approximate surface area is 244 Å². The molecule has 0 amide bonds. The molecule has 1 atom stereocenters. The number of halogens is 5. The highest BCUT2D eigenvalue weighted by atomic mass is 19.4. The molecule has 0 saturated carbocycles. The predicted molar refractivity (Wildman–Crippen MR) is 157 cm³/mol. The molecule has 1 unspecified atom stereocenters. The molecule has 0 aliphatic rings. The third-order valence-corrected chi connectivity index (χ3v) is 7.07. The van der Waals surface area contributed by atoms with Crippen LogP contribution in [0.25, 0.3) is 11.3 Å². The Balaban J connectivity index is 2.11. The first kappa shape index (κ1) is 33.3. The Hall–Kier alpha value is -3.25. The largest absolute Gasteiger partial charge is 0.417 e. The number of nitrogens with one attached hydrogen (secondary N) is 3. The van der Waals surface area contributed by atoms with Gasteiger partial charge in [0.15, 0.2) is 5.82 Å². The van der Waals surface area contributed by atoms with Gasteiger partial charge in [0, 0.05) is 49.2 Å². The first-order valence-corrected chi connectivity index (χ1v) is 14.3. The average molecular weight is 596 g/mol. The molecule has 0 saturated heterocycles. The zero-order chi connectivity index (χ0) is 31.2. The van der Waals surface area contributed by atoms with E-state index in [1.807, 2.05) is 13.8 Å². The van der Waals surface area contributed by atoms with Crippen molar-refractivity contribution in [1.82, 2.24) is 25.4 Å². The molecule has 1 aromatic carbocycles. The maximum absolute atomic E-state index is 16.4. The van der Waals surface area contributed by atoms with E-state index in [1.165, 1.54) is 0 Å². The zero-order valence-electron chi connectivity index (χ0n) is 25.1. The molecule has 42 heavy (non-hydrogen) atoms. The Kier molecular flexibility index (Phi) is 11.3. The molecule has 3 aromatic rings. The molecule has 0 spiro atoms. The van der Waals surface area contributed by atoms with Gasteiger partial charge in [-0.15, -0.1) is 0 Å². The highest BCUT2D eigenvalue weighted by Gasteiger charge is 2.39. The summed E-state index contributed by atoms with van der Waals surface area (Å²) in [5.74, 6) is -1.58. The van der Waals surface area contributed by atoms with Gasteiger partial charge in [-0.25, -0.2) is 13.8 Å². The van der Waals surface area contributed by atoms with Crippen molar-refractivity contribution < 1.29 is 22.0 Å². The van der Waals surface area contributed by atoms with Crippen LogP contribution in [0.4, 0.5) is 33.3 Å². The summed E-state index contributed by atoms with van der Waals surface area (Å²) in [6.07, 6.45) is -1.18. The summed E-state index contributed by atoms with van der Waals surface area (Å²) in [4.78, 5) is 4.44. The second kappa shape index (κ2) is 14.3. The van der Waals surface area contributed by atoms with E-state index in [1.54, 1.807) is 24.0 Å². The molecule has 0 radical (unpaired) electrons. The smallest absolute Gasteiger partial charge is 0.396 e. The van der Waals surface area contributed by atoms with Crippen LogP contribution < -0.4 is 21.7 Å². The lowest BCUT2D eigenvalue weighted by Gasteiger charge is -2.23. The second-order valence-electron chi connectivity index (χ2n) is 11.2. The maximum atomic E-state index is 16.4. The SMILES string of the molecule is CCCc1nc(-c2cc(N)c(F)c(C)c2C(F)(F)F)c(F)c(NCc2ccn(C)n2)c1CNC(C)CNCCC(C)C. The molecular formula is C30H42F5N7. The minimum Gasteiger partial charge on any atom is -0.396 e. The predicted octanol–water partition coefficient (Wildman–Crippen LogP) is 6.35. The van der Waals surface area contributed by atoms with Gasteiger partial charge >= 0.3 is 6.18 Å². The molecule has 2 heterocycles. The number of nitrogens with zero attached hydrogens (tertiary/aromatic N) is 3. The summed E-state index contributed by atoms with van der Waals surface area (Å²) in [5.41, 5.74) is 3.69. The number of anilines is 2. The quantitative estimate of drug-likeness (QED) is 0.0987. The van der Waals surface area contributed by atoms with Crippen molar-refractivity contribution in [2.45, 2.75) is 79.2 Å². The topological polar surface area (TPSA) is 92.8 Å². The van der Waals surface area contributed by atoms with Crippen LogP contribution in [0.3, 0.4) is 0 Å². The summed E-state index contributed by atoms with van der Waals surface area (Å²) in [6, 6.07) is 2.60. The highest BCUT2D eigenvalue weighted by Crippen LogP contribution is 2.43. The molecule has 0 aliphatic heterocycles. The van der Waals surface area contributed by atoms with Crippen LogP contribution in [-0.2, 0) is 32.7 Å². The van der Waals surface area contributed by atoms with Crippen LogP contribution in [0.1, 0.15) is 68.6 Å². The molecule has 12 heteroatoms. The number of hydrogen-bond acceptors (Lipinski definition) is 6. The van der Waals surface area contributed by atoms with Gasteiger partial charge < -0.3 is 21.7 Å². The normalized spacial score (nSPS) is 12.8. The Morgan fingerprint density at radius 3 is 2.40 bits per heavy atom. The maximum Gasteiger partial charge on any atom is 0.417 e. The van der Waals surface area contributed by atoms with E-state index < -0.39 is 45.9 Å². The summed E-state index contributed by atoms with van der Waals surface area (Å²) >= 11 is 0. The molecule has 5 N–H and O–H groups in total. The van der Waals surface area contributed by atoms with Crippen molar-refractivity contribution in [2.75, 3.05) is 24.1 Å². The lowest BCUT2D eigenvalue weighted by atomic mass is 9.94. The molecule has 0 aliphatic carbocycles. The second-order valence-corrected chi connectivity index (χ2v) is 11.2. The number of hydrogen-bond donors (Lipinski definition) is 4. The van der Waals surface area contributed by atoms with Gasteiger partial charge in [0.05, 0.1) is 29.2 Å². The Morgan fingerprint density at radius 2 is 1.81 bits per heavy atom. The molecule has 0 bridgehead atoms. The van der Waals surface area contributed by atoms with Gasteiger partial charge in [-0.1, -0.05) is 27.2 Å². The third-order valence-electron chi connectivity index (χ3n) is 7.07. The third kappa shape index (κ3) is 8.19. The fourth-order valence-corrected chi connectivity index (χ4v) is 4.81. The number of nitrogens with two attached hydrogens (primary N) is 1. The van der Waals surface area contributed by atoms with Gasteiger partial charge in [-0.3, -0.25) is 4.68 Å². The standard InChI is InChI=1S/C30H42F5N7/c1-7-8-24-22(16-38-18(4)14-37-11-9-17(2)3)28(39-15-20-10-12-42(6)41-20)27(32)29(40-24)21-13-23(36)26(31)19(5)25(21)30(33,34)35/h10,12-13,17-18,37-38H,7-9,11,14-16,36H2,1-6H3,(H,39,40). The van der Waals surface area contributed by atoms with Gasteiger partial charge in [-0.05, 0) is 56.8 Å². The molecule has 0 fully saturated rings. The number of benzene rings is 1. The van der Waals surface area contributed by atoms with E-state index in [0.717, 1.165) is 26.0 Å². The van der Waals surface area contributed by atoms with Crippen molar-refractivity contribution in [3.05, 3.63) is 58.0 Å². The lowest BCUT2D eigenvalue weighted by molar-refractivity contribution is -0.137. The molecule has 232 valence electrons. The summed E-state index contributed by atoms with van der Waals surface area (Å²) in [5, 5.41) is 14.2.